The summed E-state index contributed by atoms with van der Waals surface area (Å²) in [5.41, 5.74) is 3.06. The molecule has 0 saturated heterocycles. The number of nitrogens with one attached hydrogen (secondary N) is 1. The molecule has 0 unspecified atom stereocenters. The van der Waals surface area contributed by atoms with E-state index in [0.29, 0.717) is 16.6 Å². The van der Waals surface area contributed by atoms with Crippen LogP contribution in [0.15, 0.2) is 54.6 Å². The smallest absolute Gasteiger partial charge is 0.0736 e. The third-order valence-electron chi connectivity index (χ3n) is 4.85. The second-order valence-corrected chi connectivity index (χ2v) is 6.52. The molecule has 0 fully saturated rings. The molecule has 1 N–H and O–H groups in total. The summed E-state index contributed by atoms with van der Waals surface area (Å²) in [5.74, 6) is -0.545. The first-order chi connectivity index (χ1) is 11.1. The van der Waals surface area contributed by atoms with Crippen molar-refractivity contribution in [3.05, 3.63) is 76.3 Å². The second kappa shape index (κ2) is 5.43. The van der Waals surface area contributed by atoms with Gasteiger partial charge in [0.15, 0.2) is 0 Å². The Hall–Kier alpha value is -2.26. The van der Waals surface area contributed by atoms with Gasteiger partial charge >= 0.3 is 0 Å². The first-order valence-corrected chi connectivity index (χ1v) is 8.06. The number of carbonyl (C=O) groups is 1. The molecule has 3 nitrogen and oxygen atoms in total. The molecule has 0 bridgehead atoms. The van der Waals surface area contributed by atoms with Crippen molar-refractivity contribution in [3.63, 3.8) is 0 Å². The number of hydrogen-bond acceptors (Lipinski definition) is 3. The lowest BCUT2D eigenvalue weighted by Crippen LogP contribution is -2.32. The predicted octanol–water partition coefficient (Wildman–Crippen LogP) is 3.53. The van der Waals surface area contributed by atoms with Crippen LogP contribution in [0.4, 0.5) is 5.69 Å². The van der Waals surface area contributed by atoms with Gasteiger partial charge in [-0.05, 0) is 35.6 Å². The quantitative estimate of drug-likeness (QED) is 0.860. The van der Waals surface area contributed by atoms with E-state index >= 15 is 0 Å². The standard InChI is InChI=1S/C19H16ClNO2/c20-12-9-7-11(8-10-12)17-14-4-1-3-13(14)15-5-2-6-16(19(22)23)18(15)21-17/h1-3,5-10,13-14,17,21H,4H2,(H,22,23)/p-1/t13-,14-,17+/m0/s1. The lowest BCUT2D eigenvalue weighted by Gasteiger charge is -2.38. The average molecular weight is 325 g/mol. The zero-order chi connectivity index (χ0) is 16.0. The number of aromatic carboxylic acids is 1. The van der Waals surface area contributed by atoms with Crippen LogP contribution in [0, 0.1) is 5.92 Å². The summed E-state index contributed by atoms with van der Waals surface area (Å²) >= 11 is 5.99. The van der Waals surface area contributed by atoms with E-state index < -0.39 is 5.97 Å². The molecule has 0 amide bonds. The van der Waals surface area contributed by atoms with E-state index in [4.69, 9.17) is 11.6 Å². The predicted molar refractivity (Wildman–Crippen MR) is 88.6 cm³/mol. The van der Waals surface area contributed by atoms with Crippen LogP contribution < -0.4 is 10.4 Å². The van der Waals surface area contributed by atoms with Crippen LogP contribution >= 0.6 is 11.6 Å². The summed E-state index contributed by atoms with van der Waals surface area (Å²) in [6, 6.07) is 13.2. The maximum Gasteiger partial charge on any atom is 0.0736 e. The normalized spacial score (nSPS) is 24.7. The van der Waals surface area contributed by atoms with Crippen molar-refractivity contribution < 1.29 is 9.90 Å². The van der Waals surface area contributed by atoms with Gasteiger partial charge in [0.25, 0.3) is 0 Å². The Kier molecular flexibility index (Phi) is 3.38. The molecule has 1 aliphatic carbocycles. The number of para-hydroxylation sites is 1. The molecule has 4 rings (SSSR count). The number of anilines is 1. The SMILES string of the molecule is O=C([O-])c1cccc2c1N[C@H](c1ccc(Cl)cc1)[C@H]1CC=C[C@H]21. The topological polar surface area (TPSA) is 52.2 Å². The second-order valence-electron chi connectivity index (χ2n) is 6.08. The van der Waals surface area contributed by atoms with Crippen LogP contribution in [0.5, 0.6) is 0 Å². The molecule has 2 aliphatic rings. The van der Waals surface area contributed by atoms with Crippen LogP contribution in [-0.4, -0.2) is 5.97 Å². The van der Waals surface area contributed by atoms with E-state index in [9.17, 15) is 9.90 Å². The Bertz CT molecular complexity index is 798. The fraction of sp³-hybridized carbons (Fsp3) is 0.211. The average Bonchev–Trinajstić information content (AvgIpc) is 3.04. The van der Waals surface area contributed by atoms with Crippen LogP contribution in [0.2, 0.25) is 5.02 Å². The Morgan fingerprint density at radius 1 is 1.17 bits per heavy atom. The van der Waals surface area contributed by atoms with Gasteiger partial charge in [-0.25, -0.2) is 0 Å². The Labute approximate surface area is 139 Å². The monoisotopic (exact) mass is 324 g/mol. The van der Waals surface area contributed by atoms with E-state index in [1.54, 1.807) is 12.1 Å². The molecule has 1 aliphatic heterocycles. The fourth-order valence-corrected chi connectivity index (χ4v) is 3.92. The fourth-order valence-electron chi connectivity index (χ4n) is 3.79. The molecular weight excluding hydrogens is 310 g/mol. The first kappa shape index (κ1) is 14.3. The highest BCUT2D eigenvalue weighted by Gasteiger charge is 2.38. The van der Waals surface area contributed by atoms with Crippen LogP contribution in [0.1, 0.15) is 39.9 Å². The van der Waals surface area contributed by atoms with E-state index in [2.05, 4.69) is 17.5 Å². The molecule has 116 valence electrons. The van der Waals surface area contributed by atoms with E-state index in [1.165, 1.54) is 0 Å². The van der Waals surface area contributed by atoms with Gasteiger partial charge in [0.2, 0.25) is 0 Å². The van der Waals surface area contributed by atoms with Crippen molar-refractivity contribution in [2.45, 2.75) is 18.4 Å². The summed E-state index contributed by atoms with van der Waals surface area (Å²) < 4.78 is 0. The first-order valence-electron chi connectivity index (χ1n) is 7.68. The van der Waals surface area contributed by atoms with Crippen LogP contribution in [-0.2, 0) is 0 Å². The van der Waals surface area contributed by atoms with Crippen molar-refractivity contribution in [2.24, 2.45) is 5.92 Å². The minimum absolute atomic E-state index is 0.0558. The van der Waals surface area contributed by atoms with Gasteiger partial charge in [-0.2, -0.15) is 0 Å². The van der Waals surface area contributed by atoms with Crippen molar-refractivity contribution in [1.82, 2.24) is 0 Å². The largest absolute Gasteiger partial charge is 0.545 e. The zero-order valence-electron chi connectivity index (χ0n) is 12.3. The molecule has 1 heterocycles. The van der Waals surface area contributed by atoms with Gasteiger partial charge in [-0.15, -0.1) is 0 Å². The van der Waals surface area contributed by atoms with Gasteiger partial charge in [0, 0.05) is 22.2 Å². The lowest BCUT2D eigenvalue weighted by atomic mass is 9.76. The summed E-state index contributed by atoms with van der Waals surface area (Å²) in [7, 11) is 0. The van der Waals surface area contributed by atoms with Crippen molar-refractivity contribution in [1.29, 1.82) is 0 Å². The summed E-state index contributed by atoms with van der Waals surface area (Å²) in [6.07, 6.45) is 5.34. The number of hydrogen-bond donors (Lipinski definition) is 1. The number of halogens is 1. The number of fused-ring (bicyclic) bond motifs is 3. The molecule has 3 atom stereocenters. The Morgan fingerprint density at radius 3 is 2.70 bits per heavy atom. The molecule has 4 heteroatoms. The minimum Gasteiger partial charge on any atom is -0.545 e. The van der Waals surface area contributed by atoms with Gasteiger partial charge in [0.05, 0.1) is 12.0 Å². The lowest BCUT2D eigenvalue weighted by molar-refractivity contribution is -0.254. The van der Waals surface area contributed by atoms with Crippen LogP contribution in [0.25, 0.3) is 0 Å². The van der Waals surface area contributed by atoms with Crippen molar-refractivity contribution >= 4 is 23.3 Å². The molecular formula is C19H15ClNO2-. The number of carbonyl (C=O) groups excluding carboxylic acids is 1. The number of carboxylic acids is 1. The van der Waals surface area contributed by atoms with Gasteiger partial charge in [-0.1, -0.05) is 54.1 Å². The molecule has 2 aromatic carbocycles. The van der Waals surface area contributed by atoms with E-state index in [-0.39, 0.29) is 17.5 Å². The third kappa shape index (κ3) is 2.32. The summed E-state index contributed by atoms with van der Waals surface area (Å²) in [6.45, 7) is 0. The molecule has 0 spiro atoms. The maximum atomic E-state index is 11.5. The molecule has 0 aromatic heterocycles. The van der Waals surface area contributed by atoms with Crippen molar-refractivity contribution in [3.8, 4) is 0 Å². The highest BCUT2D eigenvalue weighted by Crippen LogP contribution is 2.50. The molecule has 0 saturated carbocycles. The Morgan fingerprint density at radius 2 is 1.96 bits per heavy atom. The van der Waals surface area contributed by atoms with Crippen molar-refractivity contribution in [2.75, 3.05) is 5.32 Å². The number of benzene rings is 2. The molecule has 2 aromatic rings. The zero-order valence-corrected chi connectivity index (χ0v) is 13.1. The summed E-state index contributed by atoms with van der Waals surface area (Å²) in [4.78, 5) is 11.5. The third-order valence-corrected chi connectivity index (χ3v) is 5.10. The van der Waals surface area contributed by atoms with E-state index in [0.717, 1.165) is 17.5 Å². The van der Waals surface area contributed by atoms with E-state index in [1.807, 2.05) is 30.3 Å². The maximum absolute atomic E-state index is 11.5. The molecule has 0 radical (unpaired) electrons. The van der Waals surface area contributed by atoms with Gasteiger partial charge in [-0.3, -0.25) is 0 Å². The van der Waals surface area contributed by atoms with Gasteiger partial charge in [0.1, 0.15) is 0 Å². The highest BCUT2D eigenvalue weighted by atomic mass is 35.5. The number of allylic oxidation sites excluding steroid dienone is 2. The highest BCUT2D eigenvalue weighted by molar-refractivity contribution is 6.30. The van der Waals surface area contributed by atoms with Crippen LogP contribution in [0.3, 0.4) is 0 Å². The number of rotatable bonds is 2. The van der Waals surface area contributed by atoms with Gasteiger partial charge < -0.3 is 15.2 Å². The Balaban J connectivity index is 1.83. The minimum atomic E-state index is -1.15. The summed E-state index contributed by atoms with van der Waals surface area (Å²) in [5, 5.41) is 15.6. The molecule has 23 heavy (non-hydrogen) atoms. The number of carboxylic acid groups (broad SMARTS) is 1.